The average Bonchev–Trinajstić information content (AvgIpc) is 2.87. The van der Waals surface area contributed by atoms with Crippen molar-refractivity contribution in [2.24, 2.45) is 0 Å². The van der Waals surface area contributed by atoms with Gasteiger partial charge < -0.3 is 10.0 Å². The molecule has 0 aliphatic carbocycles. The number of aromatic nitrogens is 2. The summed E-state index contributed by atoms with van der Waals surface area (Å²) in [7, 11) is 0. The van der Waals surface area contributed by atoms with E-state index in [0.717, 1.165) is 35.7 Å². The van der Waals surface area contributed by atoms with Gasteiger partial charge in [-0.3, -0.25) is 9.69 Å². The number of piperazine rings is 1. The fraction of sp³-hybridized carbons (Fsp3) is 0.533. The Bertz CT molecular complexity index is 687. The van der Waals surface area contributed by atoms with Gasteiger partial charge in [-0.15, -0.1) is 11.3 Å². The van der Waals surface area contributed by atoms with E-state index < -0.39 is 5.97 Å². The number of aliphatic carboxylic acids is 1. The SMILES string of the molecule is Cc1csc2ncnc(N3CCN(CCC(=O)O)CC3C)c12. The third-order valence-corrected chi connectivity index (χ3v) is 5.16. The molecule has 7 heteroatoms. The summed E-state index contributed by atoms with van der Waals surface area (Å²) in [4.78, 5) is 25.2. The van der Waals surface area contributed by atoms with Crippen LogP contribution in [-0.2, 0) is 4.79 Å². The highest BCUT2D eigenvalue weighted by molar-refractivity contribution is 7.17. The number of anilines is 1. The van der Waals surface area contributed by atoms with Crippen molar-refractivity contribution >= 4 is 33.3 Å². The predicted molar refractivity (Wildman–Crippen MR) is 87.7 cm³/mol. The minimum absolute atomic E-state index is 0.202. The van der Waals surface area contributed by atoms with E-state index in [1.807, 2.05) is 0 Å². The molecule has 2 aromatic rings. The number of aryl methyl sites for hydroxylation is 1. The average molecular weight is 320 g/mol. The first kappa shape index (κ1) is 15.2. The van der Waals surface area contributed by atoms with Crippen molar-refractivity contribution in [3.63, 3.8) is 0 Å². The molecule has 22 heavy (non-hydrogen) atoms. The highest BCUT2D eigenvalue weighted by atomic mass is 32.1. The van der Waals surface area contributed by atoms with Crippen molar-refractivity contribution in [2.75, 3.05) is 31.1 Å². The molecule has 2 aromatic heterocycles. The Labute approximate surface area is 133 Å². The third kappa shape index (κ3) is 2.91. The van der Waals surface area contributed by atoms with Crippen LogP contribution in [0.2, 0.25) is 0 Å². The highest BCUT2D eigenvalue weighted by Gasteiger charge is 2.26. The Morgan fingerprint density at radius 1 is 1.45 bits per heavy atom. The predicted octanol–water partition coefficient (Wildman–Crippen LogP) is 1.98. The highest BCUT2D eigenvalue weighted by Crippen LogP contribution is 2.32. The fourth-order valence-corrected chi connectivity index (χ4v) is 3.90. The van der Waals surface area contributed by atoms with E-state index in [1.54, 1.807) is 17.7 Å². The lowest BCUT2D eigenvalue weighted by Gasteiger charge is -2.40. The van der Waals surface area contributed by atoms with Gasteiger partial charge in [0.15, 0.2) is 0 Å². The molecule has 0 saturated carbocycles. The molecule has 0 aromatic carbocycles. The van der Waals surface area contributed by atoms with Crippen LogP contribution in [-0.4, -0.2) is 58.2 Å². The summed E-state index contributed by atoms with van der Waals surface area (Å²) < 4.78 is 0. The second-order valence-electron chi connectivity index (χ2n) is 5.78. The molecule has 1 atom stereocenters. The van der Waals surface area contributed by atoms with E-state index in [1.165, 1.54) is 5.56 Å². The topological polar surface area (TPSA) is 69.6 Å². The monoisotopic (exact) mass is 320 g/mol. The number of rotatable bonds is 4. The summed E-state index contributed by atoms with van der Waals surface area (Å²) in [5, 5.41) is 12.1. The van der Waals surface area contributed by atoms with Gasteiger partial charge in [-0.2, -0.15) is 0 Å². The van der Waals surface area contributed by atoms with Gasteiger partial charge >= 0.3 is 5.97 Å². The van der Waals surface area contributed by atoms with Crippen molar-refractivity contribution in [3.8, 4) is 0 Å². The number of fused-ring (bicyclic) bond motifs is 1. The molecule has 3 rings (SSSR count). The molecule has 1 aliphatic rings. The first-order chi connectivity index (χ1) is 10.6. The number of carbonyl (C=O) groups is 1. The smallest absolute Gasteiger partial charge is 0.304 e. The summed E-state index contributed by atoms with van der Waals surface area (Å²) in [5.74, 6) is 0.274. The van der Waals surface area contributed by atoms with Crippen molar-refractivity contribution in [1.82, 2.24) is 14.9 Å². The molecule has 0 amide bonds. The van der Waals surface area contributed by atoms with E-state index in [0.29, 0.717) is 12.6 Å². The first-order valence-corrected chi connectivity index (χ1v) is 8.34. The van der Waals surface area contributed by atoms with Crippen molar-refractivity contribution in [1.29, 1.82) is 0 Å². The summed E-state index contributed by atoms with van der Waals surface area (Å²) in [6, 6.07) is 0.306. The van der Waals surface area contributed by atoms with Crippen LogP contribution in [0.1, 0.15) is 18.9 Å². The van der Waals surface area contributed by atoms with Gasteiger partial charge in [-0.25, -0.2) is 9.97 Å². The van der Waals surface area contributed by atoms with Crippen LogP contribution >= 0.6 is 11.3 Å². The summed E-state index contributed by atoms with van der Waals surface area (Å²) >= 11 is 1.65. The third-order valence-electron chi connectivity index (χ3n) is 4.16. The van der Waals surface area contributed by atoms with Gasteiger partial charge in [0, 0.05) is 32.2 Å². The second-order valence-corrected chi connectivity index (χ2v) is 6.64. The number of carboxylic acids is 1. The number of thiophene rings is 1. The molecule has 3 heterocycles. The molecule has 1 saturated heterocycles. The Hall–Kier alpha value is -1.73. The minimum Gasteiger partial charge on any atom is -0.481 e. The Kier molecular flexibility index (Phi) is 4.26. The number of hydrogen-bond donors (Lipinski definition) is 1. The Morgan fingerprint density at radius 3 is 3.00 bits per heavy atom. The van der Waals surface area contributed by atoms with Gasteiger partial charge in [-0.1, -0.05) is 0 Å². The maximum absolute atomic E-state index is 10.7. The molecule has 0 spiro atoms. The van der Waals surface area contributed by atoms with E-state index in [2.05, 4.69) is 39.0 Å². The van der Waals surface area contributed by atoms with Crippen LogP contribution in [0.5, 0.6) is 0 Å². The quantitative estimate of drug-likeness (QED) is 0.929. The standard InChI is InChI=1S/C15H20N4O2S/c1-10-8-22-15-13(10)14(16-9-17-15)19-6-5-18(7-11(19)2)4-3-12(20)21/h8-9,11H,3-7H2,1-2H3,(H,20,21). The van der Waals surface area contributed by atoms with Gasteiger partial charge in [-0.05, 0) is 24.8 Å². The molecular weight excluding hydrogens is 300 g/mol. The summed E-state index contributed by atoms with van der Waals surface area (Å²) in [5.41, 5.74) is 1.22. The Balaban J connectivity index is 1.78. The lowest BCUT2D eigenvalue weighted by molar-refractivity contribution is -0.137. The molecule has 1 fully saturated rings. The molecule has 1 aliphatic heterocycles. The van der Waals surface area contributed by atoms with Crippen LogP contribution in [0, 0.1) is 6.92 Å². The zero-order valence-electron chi connectivity index (χ0n) is 12.8. The second kappa shape index (κ2) is 6.18. The van der Waals surface area contributed by atoms with Crippen molar-refractivity contribution < 1.29 is 9.90 Å². The van der Waals surface area contributed by atoms with Gasteiger partial charge in [0.1, 0.15) is 17.0 Å². The molecule has 118 valence electrons. The number of nitrogens with zero attached hydrogens (tertiary/aromatic N) is 4. The molecule has 6 nitrogen and oxygen atoms in total. The zero-order valence-corrected chi connectivity index (χ0v) is 13.6. The summed E-state index contributed by atoms with van der Waals surface area (Å²) in [6.07, 6.45) is 1.84. The van der Waals surface area contributed by atoms with E-state index in [-0.39, 0.29) is 6.42 Å². The fourth-order valence-electron chi connectivity index (χ4n) is 3.02. The lowest BCUT2D eigenvalue weighted by Crippen LogP contribution is -2.52. The maximum atomic E-state index is 10.7. The molecule has 1 N–H and O–H groups in total. The normalized spacial score (nSPS) is 19.7. The van der Waals surface area contributed by atoms with Crippen LogP contribution in [0.25, 0.3) is 10.2 Å². The molecule has 0 radical (unpaired) electrons. The lowest BCUT2D eigenvalue weighted by atomic mass is 10.1. The van der Waals surface area contributed by atoms with Crippen LogP contribution in [0.3, 0.4) is 0 Å². The van der Waals surface area contributed by atoms with Crippen LogP contribution in [0.15, 0.2) is 11.7 Å². The number of hydrogen-bond acceptors (Lipinski definition) is 6. The zero-order chi connectivity index (χ0) is 15.7. The van der Waals surface area contributed by atoms with Gasteiger partial charge in [0.25, 0.3) is 0 Å². The van der Waals surface area contributed by atoms with E-state index >= 15 is 0 Å². The maximum Gasteiger partial charge on any atom is 0.304 e. The van der Waals surface area contributed by atoms with Gasteiger partial charge in [0.05, 0.1) is 11.8 Å². The van der Waals surface area contributed by atoms with Gasteiger partial charge in [0.2, 0.25) is 0 Å². The van der Waals surface area contributed by atoms with Crippen LogP contribution in [0.4, 0.5) is 5.82 Å². The molecular formula is C15H20N4O2S. The Morgan fingerprint density at radius 2 is 2.27 bits per heavy atom. The van der Waals surface area contributed by atoms with E-state index in [4.69, 9.17) is 5.11 Å². The van der Waals surface area contributed by atoms with Crippen molar-refractivity contribution in [3.05, 3.63) is 17.3 Å². The number of carboxylic acid groups (broad SMARTS) is 1. The molecule has 0 bridgehead atoms. The first-order valence-electron chi connectivity index (χ1n) is 7.46. The largest absolute Gasteiger partial charge is 0.481 e. The summed E-state index contributed by atoms with van der Waals surface area (Å²) in [6.45, 7) is 7.47. The molecule has 1 unspecified atom stereocenters. The van der Waals surface area contributed by atoms with E-state index in [9.17, 15) is 4.79 Å². The minimum atomic E-state index is -0.735. The van der Waals surface area contributed by atoms with Crippen molar-refractivity contribution in [2.45, 2.75) is 26.3 Å². The van der Waals surface area contributed by atoms with Crippen LogP contribution < -0.4 is 4.90 Å².